The summed E-state index contributed by atoms with van der Waals surface area (Å²) < 4.78 is 0. The SMILES string of the molecule is C[C@@H]1CC=C2[C@@H]1CC(C)(C)C[C@H]1C[C@@]21C. The van der Waals surface area contributed by atoms with Gasteiger partial charge in [0.2, 0.25) is 0 Å². The highest BCUT2D eigenvalue weighted by Gasteiger charge is 2.58. The van der Waals surface area contributed by atoms with Gasteiger partial charge in [-0.15, -0.1) is 0 Å². The molecule has 2 fully saturated rings. The summed E-state index contributed by atoms with van der Waals surface area (Å²) in [7, 11) is 0. The van der Waals surface area contributed by atoms with E-state index < -0.39 is 0 Å². The average molecular weight is 204 g/mol. The Morgan fingerprint density at radius 1 is 1.13 bits per heavy atom. The first-order chi connectivity index (χ1) is 6.92. The number of allylic oxidation sites excluding steroid dienone is 2. The molecule has 3 aliphatic carbocycles. The first kappa shape index (κ1) is 9.93. The normalized spacial score (nSPS) is 51.5. The van der Waals surface area contributed by atoms with Crippen molar-refractivity contribution in [1.82, 2.24) is 0 Å². The van der Waals surface area contributed by atoms with Crippen molar-refractivity contribution in [2.45, 2.75) is 53.4 Å². The molecule has 15 heavy (non-hydrogen) atoms. The van der Waals surface area contributed by atoms with Gasteiger partial charge in [-0.3, -0.25) is 0 Å². The third kappa shape index (κ3) is 1.33. The van der Waals surface area contributed by atoms with Crippen LogP contribution in [0.5, 0.6) is 0 Å². The molecular weight excluding hydrogens is 180 g/mol. The molecule has 0 N–H and O–H groups in total. The molecule has 0 aromatic rings. The molecule has 84 valence electrons. The second kappa shape index (κ2) is 2.70. The molecule has 0 heterocycles. The fraction of sp³-hybridized carbons (Fsp3) is 0.867. The third-order valence-electron chi connectivity index (χ3n) is 5.44. The number of hydrogen-bond acceptors (Lipinski definition) is 0. The second-order valence-corrected chi connectivity index (χ2v) is 7.37. The van der Waals surface area contributed by atoms with Crippen LogP contribution in [0.1, 0.15) is 53.4 Å². The maximum Gasteiger partial charge on any atom is -0.00818 e. The zero-order valence-electron chi connectivity index (χ0n) is 10.6. The standard InChI is InChI=1S/C15H24/c1-10-5-6-13-12(10)9-14(2,3)7-11-8-15(11,13)4/h6,10-12H,5,7-9H2,1-4H3/t10-,11+,12-,15-/m1/s1. The van der Waals surface area contributed by atoms with Crippen molar-refractivity contribution in [2.24, 2.45) is 28.6 Å². The first-order valence-electron chi connectivity index (χ1n) is 6.63. The van der Waals surface area contributed by atoms with Gasteiger partial charge in [0.1, 0.15) is 0 Å². The van der Waals surface area contributed by atoms with Gasteiger partial charge in [0.05, 0.1) is 0 Å². The fourth-order valence-electron chi connectivity index (χ4n) is 4.35. The van der Waals surface area contributed by atoms with Crippen LogP contribution in [-0.2, 0) is 0 Å². The zero-order chi connectivity index (χ0) is 10.8. The van der Waals surface area contributed by atoms with E-state index in [1.54, 1.807) is 0 Å². The minimum absolute atomic E-state index is 0.585. The van der Waals surface area contributed by atoms with Gasteiger partial charge in [0.15, 0.2) is 0 Å². The topological polar surface area (TPSA) is 0 Å². The van der Waals surface area contributed by atoms with E-state index in [1.165, 1.54) is 25.7 Å². The summed E-state index contributed by atoms with van der Waals surface area (Å²) in [5.74, 6) is 2.84. The van der Waals surface area contributed by atoms with Crippen LogP contribution in [-0.4, -0.2) is 0 Å². The highest BCUT2D eigenvalue weighted by molar-refractivity contribution is 5.32. The fourth-order valence-corrected chi connectivity index (χ4v) is 4.35. The zero-order valence-corrected chi connectivity index (χ0v) is 10.6. The van der Waals surface area contributed by atoms with Crippen LogP contribution >= 0.6 is 0 Å². The monoisotopic (exact) mass is 204 g/mol. The molecule has 0 amide bonds. The Kier molecular flexibility index (Phi) is 1.79. The van der Waals surface area contributed by atoms with E-state index in [4.69, 9.17) is 0 Å². The van der Waals surface area contributed by atoms with E-state index in [9.17, 15) is 0 Å². The summed E-state index contributed by atoms with van der Waals surface area (Å²) in [6.07, 6.45) is 8.32. The first-order valence-corrected chi connectivity index (χ1v) is 6.63. The molecule has 0 unspecified atom stereocenters. The van der Waals surface area contributed by atoms with Crippen LogP contribution in [0.4, 0.5) is 0 Å². The lowest BCUT2D eigenvalue weighted by atomic mass is 9.75. The van der Waals surface area contributed by atoms with Crippen molar-refractivity contribution >= 4 is 0 Å². The van der Waals surface area contributed by atoms with Gasteiger partial charge in [-0.1, -0.05) is 39.3 Å². The highest BCUT2D eigenvalue weighted by atomic mass is 14.6. The lowest BCUT2D eigenvalue weighted by molar-refractivity contribution is 0.237. The van der Waals surface area contributed by atoms with Crippen LogP contribution < -0.4 is 0 Å². The van der Waals surface area contributed by atoms with Crippen molar-refractivity contribution in [3.63, 3.8) is 0 Å². The number of rotatable bonds is 0. The summed E-state index contributed by atoms with van der Waals surface area (Å²) in [5, 5.41) is 0. The molecule has 0 radical (unpaired) electrons. The van der Waals surface area contributed by atoms with Crippen molar-refractivity contribution < 1.29 is 0 Å². The Morgan fingerprint density at radius 3 is 2.60 bits per heavy atom. The quantitative estimate of drug-likeness (QED) is 0.513. The van der Waals surface area contributed by atoms with Crippen LogP contribution in [0.15, 0.2) is 11.6 Å². The molecule has 0 bridgehead atoms. The van der Waals surface area contributed by atoms with Crippen LogP contribution in [0, 0.1) is 28.6 Å². The molecule has 0 saturated heterocycles. The van der Waals surface area contributed by atoms with Gasteiger partial charge in [-0.05, 0) is 54.3 Å². The van der Waals surface area contributed by atoms with Crippen molar-refractivity contribution in [3.8, 4) is 0 Å². The number of hydrogen-bond donors (Lipinski definition) is 0. The molecule has 2 saturated carbocycles. The summed E-state index contributed by atoms with van der Waals surface area (Å²) in [4.78, 5) is 0. The van der Waals surface area contributed by atoms with E-state index >= 15 is 0 Å². The second-order valence-electron chi connectivity index (χ2n) is 7.37. The van der Waals surface area contributed by atoms with E-state index in [0.29, 0.717) is 10.8 Å². The highest BCUT2D eigenvalue weighted by Crippen LogP contribution is 2.68. The van der Waals surface area contributed by atoms with Gasteiger partial charge in [0.25, 0.3) is 0 Å². The average Bonchev–Trinajstić information content (AvgIpc) is 2.59. The van der Waals surface area contributed by atoms with Crippen molar-refractivity contribution in [1.29, 1.82) is 0 Å². The summed E-state index contributed by atoms with van der Waals surface area (Å²) in [6, 6.07) is 0. The van der Waals surface area contributed by atoms with Gasteiger partial charge >= 0.3 is 0 Å². The Morgan fingerprint density at radius 2 is 1.87 bits per heavy atom. The van der Waals surface area contributed by atoms with Crippen molar-refractivity contribution in [2.75, 3.05) is 0 Å². The third-order valence-corrected chi connectivity index (χ3v) is 5.44. The van der Waals surface area contributed by atoms with E-state index in [1.807, 2.05) is 5.57 Å². The summed E-state index contributed by atoms with van der Waals surface area (Å²) in [6.45, 7) is 9.95. The largest absolute Gasteiger partial charge is 0.0842 e. The lowest BCUT2D eigenvalue weighted by Gasteiger charge is -2.30. The van der Waals surface area contributed by atoms with E-state index in [2.05, 4.69) is 33.8 Å². The minimum Gasteiger partial charge on any atom is -0.0842 e. The Balaban J connectivity index is 1.98. The molecule has 0 nitrogen and oxygen atoms in total. The van der Waals surface area contributed by atoms with Crippen LogP contribution in [0.25, 0.3) is 0 Å². The molecular formula is C15H24. The molecule has 0 heteroatoms. The molecule has 0 aliphatic heterocycles. The minimum atomic E-state index is 0.585. The summed E-state index contributed by atoms with van der Waals surface area (Å²) >= 11 is 0. The van der Waals surface area contributed by atoms with Gasteiger partial charge in [-0.2, -0.15) is 0 Å². The smallest absolute Gasteiger partial charge is 0.00818 e. The molecule has 3 rings (SSSR count). The predicted molar refractivity (Wildman–Crippen MR) is 64.6 cm³/mol. The van der Waals surface area contributed by atoms with Crippen molar-refractivity contribution in [3.05, 3.63) is 11.6 Å². The maximum atomic E-state index is 2.59. The Bertz CT molecular complexity index is 323. The van der Waals surface area contributed by atoms with E-state index in [0.717, 1.165) is 17.8 Å². The van der Waals surface area contributed by atoms with Gasteiger partial charge in [-0.25, -0.2) is 0 Å². The van der Waals surface area contributed by atoms with Crippen LogP contribution in [0.3, 0.4) is 0 Å². The molecule has 0 aromatic carbocycles. The predicted octanol–water partition coefficient (Wildman–Crippen LogP) is 4.42. The maximum absolute atomic E-state index is 2.59. The van der Waals surface area contributed by atoms with Crippen LogP contribution in [0.2, 0.25) is 0 Å². The molecule has 0 spiro atoms. The van der Waals surface area contributed by atoms with Gasteiger partial charge < -0.3 is 0 Å². The summed E-state index contributed by atoms with van der Waals surface area (Å²) in [5.41, 5.74) is 3.07. The molecule has 4 atom stereocenters. The Hall–Kier alpha value is -0.260. The lowest BCUT2D eigenvalue weighted by Crippen LogP contribution is -2.19. The number of fused-ring (bicyclic) bond motifs is 3. The van der Waals surface area contributed by atoms with E-state index in [-0.39, 0.29) is 0 Å². The molecule has 3 aliphatic rings. The van der Waals surface area contributed by atoms with Gasteiger partial charge in [0, 0.05) is 0 Å². The molecule has 0 aromatic heterocycles. The Labute approximate surface area is 94.1 Å².